The summed E-state index contributed by atoms with van der Waals surface area (Å²) in [4.78, 5) is 11.8. The molecule has 4 heteroatoms. The van der Waals surface area contributed by atoms with E-state index in [0.29, 0.717) is 12.0 Å². The molecule has 1 aromatic carbocycles. The molecule has 0 bridgehead atoms. The quantitative estimate of drug-likeness (QED) is 0.719. The molecule has 1 saturated carbocycles. The van der Waals surface area contributed by atoms with Gasteiger partial charge in [0.05, 0.1) is 0 Å². The van der Waals surface area contributed by atoms with Crippen LogP contribution in [0.25, 0.3) is 0 Å². The van der Waals surface area contributed by atoms with Crippen LogP contribution in [0.4, 0.5) is 10.5 Å². The Balaban J connectivity index is 1.77. The predicted octanol–water partition coefficient (Wildman–Crippen LogP) is 3.52. The molecule has 1 aromatic rings. The molecular formula is C17H27N3O. The Morgan fingerprint density at radius 3 is 2.57 bits per heavy atom. The van der Waals surface area contributed by atoms with Crippen LogP contribution in [0, 0.1) is 11.8 Å². The molecule has 2 rings (SSSR count). The largest absolute Gasteiger partial charge is 0.338 e. The summed E-state index contributed by atoms with van der Waals surface area (Å²) in [5, 5.41) is 9.26. The summed E-state index contributed by atoms with van der Waals surface area (Å²) in [6, 6.07) is 8.26. The first-order chi connectivity index (χ1) is 10.1. The van der Waals surface area contributed by atoms with E-state index in [2.05, 4.69) is 48.9 Å². The molecule has 3 atom stereocenters. The van der Waals surface area contributed by atoms with Gasteiger partial charge in [-0.3, -0.25) is 0 Å². The van der Waals surface area contributed by atoms with Gasteiger partial charge in [-0.05, 0) is 55.8 Å². The maximum atomic E-state index is 11.8. The molecule has 116 valence electrons. The number of anilines is 1. The zero-order valence-corrected chi connectivity index (χ0v) is 13.3. The number of carbonyl (C=O) groups excluding carboxylic acids is 1. The summed E-state index contributed by atoms with van der Waals surface area (Å²) < 4.78 is 0. The Hall–Kier alpha value is -1.55. The standard InChI is InChI=1S/C17H27N3O/c1-4-9-18-13(3)14-5-7-16(8-6-14)20-17(21)19-11-15-10-12(15)2/h5-8,12-13,15,18H,4,9-11H2,1-3H3,(H2,19,20,21). The van der Waals surface area contributed by atoms with Crippen molar-refractivity contribution in [2.45, 2.75) is 39.7 Å². The van der Waals surface area contributed by atoms with Crippen LogP contribution in [0.2, 0.25) is 0 Å². The van der Waals surface area contributed by atoms with E-state index in [4.69, 9.17) is 0 Å². The second-order valence-electron chi connectivity index (χ2n) is 6.11. The highest BCUT2D eigenvalue weighted by Gasteiger charge is 2.32. The van der Waals surface area contributed by atoms with Crippen molar-refractivity contribution >= 4 is 11.7 Å². The summed E-state index contributed by atoms with van der Waals surface area (Å²) in [6.45, 7) is 8.33. The van der Waals surface area contributed by atoms with Crippen LogP contribution in [0.3, 0.4) is 0 Å². The Morgan fingerprint density at radius 2 is 2.00 bits per heavy atom. The lowest BCUT2D eigenvalue weighted by Crippen LogP contribution is -2.30. The van der Waals surface area contributed by atoms with Crippen molar-refractivity contribution in [3.8, 4) is 0 Å². The number of urea groups is 1. The third-order valence-corrected chi connectivity index (χ3v) is 4.17. The van der Waals surface area contributed by atoms with E-state index in [-0.39, 0.29) is 6.03 Å². The number of hydrogen-bond acceptors (Lipinski definition) is 2. The van der Waals surface area contributed by atoms with Gasteiger partial charge in [0.15, 0.2) is 0 Å². The fourth-order valence-electron chi connectivity index (χ4n) is 2.42. The average molecular weight is 289 g/mol. The number of nitrogens with one attached hydrogen (secondary N) is 3. The molecule has 3 unspecified atom stereocenters. The molecule has 0 spiro atoms. The van der Waals surface area contributed by atoms with Gasteiger partial charge in [0.2, 0.25) is 0 Å². The van der Waals surface area contributed by atoms with E-state index < -0.39 is 0 Å². The van der Waals surface area contributed by atoms with Crippen LogP contribution in [-0.4, -0.2) is 19.1 Å². The van der Waals surface area contributed by atoms with Crippen LogP contribution in [0.1, 0.15) is 45.2 Å². The number of amides is 2. The molecule has 1 aliphatic carbocycles. The van der Waals surface area contributed by atoms with Crippen molar-refractivity contribution in [3.05, 3.63) is 29.8 Å². The molecule has 0 aliphatic heterocycles. The third-order valence-electron chi connectivity index (χ3n) is 4.17. The molecule has 0 aromatic heterocycles. The maximum absolute atomic E-state index is 11.8. The minimum atomic E-state index is -0.112. The molecule has 1 fully saturated rings. The second-order valence-corrected chi connectivity index (χ2v) is 6.11. The first kappa shape index (κ1) is 15.8. The fraction of sp³-hybridized carbons (Fsp3) is 0.588. The highest BCUT2D eigenvalue weighted by molar-refractivity contribution is 5.89. The van der Waals surface area contributed by atoms with Crippen molar-refractivity contribution < 1.29 is 4.79 Å². The summed E-state index contributed by atoms with van der Waals surface area (Å²) >= 11 is 0. The Labute approximate surface area is 127 Å². The van der Waals surface area contributed by atoms with Crippen molar-refractivity contribution in [1.82, 2.24) is 10.6 Å². The zero-order valence-electron chi connectivity index (χ0n) is 13.3. The number of carbonyl (C=O) groups is 1. The smallest absolute Gasteiger partial charge is 0.319 e. The van der Waals surface area contributed by atoms with E-state index in [0.717, 1.165) is 31.1 Å². The second kappa shape index (κ2) is 7.46. The van der Waals surface area contributed by atoms with Crippen molar-refractivity contribution in [3.63, 3.8) is 0 Å². The molecule has 4 nitrogen and oxygen atoms in total. The van der Waals surface area contributed by atoms with Gasteiger partial charge in [-0.25, -0.2) is 4.79 Å². The molecule has 2 amide bonds. The van der Waals surface area contributed by atoms with Crippen LogP contribution in [-0.2, 0) is 0 Å². The highest BCUT2D eigenvalue weighted by Crippen LogP contribution is 2.36. The molecular weight excluding hydrogens is 262 g/mol. The van der Waals surface area contributed by atoms with Crippen LogP contribution >= 0.6 is 0 Å². The molecule has 21 heavy (non-hydrogen) atoms. The van der Waals surface area contributed by atoms with Gasteiger partial charge in [-0.2, -0.15) is 0 Å². The van der Waals surface area contributed by atoms with Crippen molar-refractivity contribution in [1.29, 1.82) is 0 Å². The summed E-state index contributed by atoms with van der Waals surface area (Å²) in [5.74, 6) is 1.44. The van der Waals surface area contributed by atoms with Gasteiger partial charge in [0.25, 0.3) is 0 Å². The Morgan fingerprint density at radius 1 is 1.33 bits per heavy atom. The van der Waals surface area contributed by atoms with Crippen molar-refractivity contribution in [2.75, 3.05) is 18.4 Å². The van der Waals surface area contributed by atoms with E-state index in [9.17, 15) is 4.79 Å². The zero-order chi connectivity index (χ0) is 15.2. The Bertz CT molecular complexity index is 458. The van der Waals surface area contributed by atoms with Gasteiger partial charge in [-0.1, -0.05) is 26.0 Å². The minimum Gasteiger partial charge on any atom is -0.338 e. The van der Waals surface area contributed by atoms with Gasteiger partial charge < -0.3 is 16.0 Å². The topological polar surface area (TPSA) is 53.2 Å². The molecule has 1 aliphatic rings. The normalized spacial score (nSPS) is 21.7. The monoisotopic (exact) mass is 289 g/mol. The number of benzene rings is 1. The minimum absolute atomic E-state index is 0.112. The van der Waals surface area contributed by atoms with Gasteiger partial charge in [0.1, 0.15) is 0 Å². The van der Waals surface area contributed by atoms with Crippen LogP contribution in [0.5, 0.6) is 0 Å². The van der Waals surface area contributed by atoms with Gasteiger partial charge >= 0.3 is 6.03 Å². The summed E-state index contributed by atoms with van der Waals surface area (Å²) in [7, 11) is 0. The molecule has 0 radical (unpaired) electrons. The lowest BCUT2D eigenvalue weighted by atomic mass is 10.1. The first-order valence-corrected chi connectivity index (χ1v) is 7.98. The van der Waals surface area contributed by atoms with Gasteiger partial charge in [0, 0.05) is 18.3 Å². The summed E-state index contributed by atoms with van der Waals surface area (Å²) in [6.07, 6.45) is 2.36. The lowest BCUT2D eigenvalue weighted by molar-refractivity contribution is 0.251. The molecule has 3 N–H and O–H groups in total. The van der Waals surface area contributed by atoms with Crippen LogP contribution < -0.4 is 16.0 Å². The first-order valence-electron chi connectivity index (χ1n) is 7.98. The fourth-order valence-corrected chi connectivity index (χ4v) is 2.42. The average Bonchev–Trinajstić information content (AvgIpc) is 3.19. The predicted molar refractivity (Wildman–Crippen MR) is 87.4 cm³/mol. The SMILES string of the molecule is CCCNC(C)c1ccc(NC(=O)NCC2CC2C)cc1. The maximum Gasteiger partial charge on any atom is 0.319 e. The Kier molecular flexibility index (Phi) is 5.62. The van der Waals surface area contributed by atoms with E-state index in [1.807, 2.05) is 12.1 Å². The van der Waals surface area contributed by atoms with E-state index >= 15 is 0 Å². The number of hydrogen-bond donors (Lipinski definition) is 3. The van der Waals surface area contributed by atoms with Gasteiger partial charge in [-0.15, -0.1) is 0 Å². The van der Waals surface area contributed by atoms with E-state index in [1.165, 1.54) is 12.0 Å². The lowest BCUT2D eigenvalue weighted by Gasteiger charge is -2.14. The molecule has 0 saturated heterocycles. The third kappa shape index (κ3) is 5.05. The number of rotatable bonds is 7. The highest BCUT2D eigenvalue weighted by atomic mass is 16.2. The van der Waals surface area contributed by atoms with Crippen LogP contribution in [0.15, 0.2) is 24.3 Å². The van der Waals surface area contributed by atoms with E-state index in [1.54, 1.807) is 0 Å². The summed E-state index contributed by atoms with van der Waals surface area (Å²) in [5.41, 5.74) is 2.07. The molecule has 0 heterocycles. The van der Waals surface area contributed by atoms with Crippen molar-refractivity contribution in [2.24, 2.45) is 11.8 Å².